The summed E-state index contributed by atoms with van der Waals surface area (Å²) in [5.41, 5.74) is 2.12. The van der Waals surface area contributed by atoms with Crippen molar-refractivity contribution in [2.75, 3.05) is 33.3 Å². The number of nitrogens with zero attached hydrogens (tertiary/aromatic N) is 2. The first-order valence-electron chi connectivity index (χ1n) is 8.92. The summed E-state index contributed by atoms with van der Waals surface area (Å²) in [6.07, 6.45) is 0. The molecule has 2 aliphatic rings. The molecule has 2 atom stereocenters. The van der Waals surface area contributed by atoms with E-state index in [-0.39, 0.29) is 5.91 Å². The van der Waals surface area contributed by atoms with Crippen LogP contribution in [0.4, 0.5) is 0 Å². The van der Waals surface area contributed by atoms with E-state index in [2.05, 4.69) is 35.2 Å². The molecule has 0 bridgehead atoms. The van der Waals surface area contributed by atoms with Crippen LogP contribution in [0.1, 0.15) is 15.9 Å². The monoisotopic (exact) mass is 336 g/mol. The zero-order valence-corrected chi connectivity index (χ0v) is 14.6. The largest absolute Gasteiger partial charge is 0.497 e. The van der Waals surface area contributed by atoms with Crippen LogP contribution < -0.4 is 4.74 Å². The van der Waals surface area contributed by atoms with Gasteiger partial charge in [-0.25, -0.2) is 0 Å². The molecule has 0 unspecified atom stereocenters. The van der Waals surface area contributed by atoms with Gasteiger partial charge < -0.3 is 9.64 Å². The molecule has 25 heavy (non-hydrogen) atoms. The summed E-state index contributed by atoms with van der Waals surface area (Å²) >= 11 is 0. The van der Waals surface area contributed by atoms with Gasteiger partial charge in [0.2, 0.25) is 0 Å². The number of ether oxygens (including phenoxy) is 1. The molecular formula is C21H24N2O2. The first-order chi connectivity index (χ1) is 12.2. The maximum atomic E-state index is 12.7. The van der Waals surface area contributed by atoms with Crippen LogP contribution in [0.5, 0.6) is 5.75 Å². The van der Waals surface area contributed by atoms with Gasteiger partial charge in [-0.3, -0.25) is 9.69 Å². The quantitative estimate of drug-likeness (QED) is 0.861. The molecule has 0 N–H and O–H groups in total. The zero-order chi connectivity index (χ0) is 17.2. The van der Waals surface area contributed by atoms with E-state index in [1.165, 1.54) is 5.56 Å². The minimum absolute atomic E-state index is 0.145. The van der Waals surface area contributed by atoms with Crippen LogP contribution in [0.25, 0.3) is 0 Å². The van der Waals surface area contributed by atoms with Gasteiger partial charge in [-0.05, 0) is 41.7 Å². The highest BCUT2D eigenvalue weighted by molar-refractivity contribution is 5.94. The van der Waals surface area contributed by atoms with Crippen molar-refractivity contribution in [1.29, 1.82) is 0 Å². The van der Waals surface area contributed by atoms with E-state index < -0.39 is 0 Å². The molecule has 2 saturated heterocycles. The predicted octanol–water partition coefficient (Wildman–Crippen LogP) is 2.90. The lowest BCUT2D eigenvalue weighted by Crippen LogP contribution is -2.33. The fourth-order valence-electron chi connectivity index (χ4n) is 4.14. The summed E-state index contributed by atoms with van der Waals surface area (Å²) < 4.78 is 5.17. The van der Waals surface area contributed by atoms with E-state index in [4.69, 9.17) is 4.74 Å². The Bertz CT molecular complexity index is 715. The number of hydrogen-bond acceptors (Lipinski definition) is 3. The third kappa shape index (κ3) is 3.40. The number of methoxy groups -OCH3 is 1. The van der Waals surface area contributed by atoms with Crippen LogP contribution in [0, 0.1) is 11.8 Å². The number of amides is 1. The molecule has 4 heteroatoms. The highest BCUT2D eigenvalue weighted by atomic mass is 16.5. The summed E-state index contributed by atoms with van der Waals surface area (Å²) in [5, 5.41) is 0. The molecule has 2 heterocycles. The summed E-state index contributed by atoms with van der Waals surface area (Å²) in [4.78, 5) is 17.3. The Hall–Kier alpha value is -2.33. The van der Waals surface area contributed by atoms with E-state index in [1.807, 2.05) is 29.2 Å². The Labute approximate surface area is 149 Å². The summed E-state index contributed by atoms with van der Waals surface area (Å²) in [5.74, 6) is 2.13. The van der Waals surface area contributed by atoms with Crippen molar-refractivity contribution in [3.05, 3.63) is 65.7 Å². The van der Waals surface area contributed by atoms with Gasteiger partial charge in [0.15, 0.2) is 0 Å². The Kier molecular flexibility index (Phi) is 4.45. The average Bonchev–Trinajstić information content (AvgIpc) is 3.20. The number of likely N-dealkylation sites (tertiary alicyclic amines) is 2. The van der Waals surface area contributed by atoms with Crippen molar-refractivity contribution in [3.63, 3.8) is 0 Å². The van der Waals surface area contributed by atoms with Crippen molar-refractivity contribution in [1.82, 2.24) is 9.80 Å². The smallest absolute Gasteiger partial charge is 0.253 e. The minimum atomic E-state index is 0.145. The van der Waals surface area contributed by atoms with E-state index >= 15 is 0 Å². The van der Waals surface area contributed by atoms with Crippen LogP contribution >= 0.6 is 0 Å². The van der Waals surface area contributed by atoms with Crippen LogP contribution in [-0.4, -0.2) is 49.0 Å². The second kappa shape index (κ2) is 6.89. The normalized spacial score (nSPS) is 22.8. The van der Waals surface area contributed by atoms with E-state index in [1.54, 1.807) is 7.11 Å². The van der Waals surface area contributed by atoms with Gasteiger partial charge in [-0.15, -0.1) is 0 Å². The Morgan fingerprint density at radius 1 is 0.960 bits per heavy atom. The minimum Gasteiger partial charge on any atom is -0.497 e. The second-order valence-electron chi connectivity index (χ2n) is 7.14. The van der Waals surface area contributed by atoms with Gasteiger partial charge in [-0.1, -0.05) is 30.3 Å². The Morgan fingerprint density at radius 3 is 2.20 bits per heavy atom. The van der Waals surface area contributed by atoms with Crippen molar-refractivity contribution < 1.29 is 9.53 Å². The van der Waals surface area contributed by atoms with Gasteiger partial charge in [-0.2, -0.15) is 0 Å². The van der Waals surface area contributed by atoms with Crippen molar-refractivity contribution >= 4 is 5.91 Å². The van der Waals surface area contributed by atoms with Gasteiger partial charge in [0.05, 0.1) is 7.11 Å². The number of fused-ring (bicyclic) bond motifs is 1. The number of carbonyl (C=O) groups excluding carboxylic acids is 1. The Balaban J connectivity index is 1.35. The third-order valence-electron chi connectivity index (χ3n) is 5.44. The topological polar surface area (TPSA) is 32.8 Å². The van der Waals surface area contributed by atoms with E-state index in [0.29, 0.717) is 11.8 Å². The fourth-order valence-corrected chi connectivity index (χ4v) is 4.14. The highest BCUT2D eigenvalue weighted by Gasteiger charge is 2.41. The molecule has 0 radical (unpaired) electrons. The molecular weight excluding hydrogens is 312 g/mol. The molecule has 1 amide bonds. The van der Waals surface area contributed by atoms with E-state index in [9.17, 15) is 4.79 Å². The van der Waals surface area contributed by atoms with Crippen LogP contribution in [0.3, 0.4) is 0 Å². The van der Waals surface area contributed by atoms with Crippen molar-refractivity contribution in [3.8, 4) is 5.75 Å². The molecule has 0 saturated carbocycles. The molecule has 0 aliphatic carbocycles. The molecule has 0 spiro atoms. The predicted molar refractivity (Wildman–Crippen MR) is 97.6 cm³/mol. The Morgan fingerprint density at radius 2 is 1.60 bits per heavy atom. The van der Waals surface area contributed by atoms with Gasteiger partial charge >= 0.3 is 0 Å². The molecule has 2 fully saturated rings. The molecule has 2 aliphatic heterocycles. The average molecular weight is 336 g/mol. The first kappa shape index (κ1) is 16.2. The molecule has 130 valence electrons. The third-order valence-corrected chi connectivity index (χ3v) is 5.44. The highest BCUT2D eigenvalue weighted by Crippen LogP contribution is 2.32. The van der Waals surface area contributed by atoms with Crippen molar-refractivity contribution in [2.45, 2.75) is 6.54 Å². The van der Waals surface area contributed by atoms with Crippen molar-refractivity contribution in [2.24, 2.45) is 11.8 Å². The maximum Gasteiger partial charge on any atom is 0.253 e. The first-order valence-corrected chi connectivity index (χ1v) is 8.92. The number of benzene rings is 2. The molecule has 4 rings (SSSR count). The fraction of sp³-hybridized carbons (Fsp3) is 0.381. The number of rotatable bonds is 4. The maximum absolute atomic E-state index is 12.7. The van der Waals surface area contributed by atoms with Crippen LogP contribution in [0.2, 0.25) is 0 Å². The summed E-state index contributed by atoms with van der Waals surface area (Å²) in [6.45, 7) is 4.94. The lowest BCUT2D eigenvalue weighted by molar-refractivity contribution is 0.0773. The lowest BCUT2D eigenvalue weighted by Gasteiger charge is -2.22. The number of hydrogen-bond donors (Lipinski definition) is 0. The number of carbonyl (C=O) groups is 1. The lowest BCUT2D eigenvalue weighted by atomic mass is 10.0. The molecule has 4 nitrogen and oxygen atoms in total. The zero-order valence-electron chi connectivity index (χ0n) is 14.6. The van der Waals surface area contributed by atoms with E-state index in [0.717, 1.165) is 44.0 Å². The summed E-state index contributed by atoms with van der Waals surface area (Å²) in [6, 6.07) is 18.1. The van der Waals surface area contributed by atoms with Crippen LogP contribution in [0.15, 0.2) is 54.6 Å². The van der Waals surface area contributed by atoms with Gasteiger partial charge in [0, 0.05) is 38.3 Å². The standard InChI is InChI=1S/C21H24N2O2/c1-25-20-9-7-17(8-10-20)21(24)23-14-18-12-22(13-19(18)15-23)11-16-5-3-2-4-6-16/h2-10,18-19H,11-15H2,1H3/t18-,19+. The van der Waals surface area contributed by atoms with Crippen LogP contribution in [-0.2, 0) is 6.54 Å². The summed E-state index contributed by atoms with van der Waals surface area (Å²) in [7, 11) is 1.64. The SMILES string of the molecule is COc1ccc(C(=O)N2C[C@H]3CN(Cc4ccccc4)C[C@H]3C2)cc1. The van der Waals surface area contributed by atoms with Gasteiger partial charge in [0.1, 0.15) is 5.75 Å². The molecule has 2 aromatic carbocycles. The molecule has 0 aromatic heterocycles. The second-order valence-corrected chi connectivity index (χ2v) is 7.14. The van der Waals surface area contributed by atoms with Gasteiger partial charge in [0.25, 0.3) is 5.91 Å². The molecule has 2 aromatic rings.